The van der Waals surface area contributed by atoms with E-state index in [1.807, 2.05) is 0 Å². The van der Waals surface area contributed by atoms with Crippen LogP contribution in [0, 0.1) is 0 Å². The lowest BCUT2D eigenvalue weighted by Gasteiger charge is -2.07. The van der Waals surface area contributed by atoms with Gasteiger partial charge in [0.15, 0.2) is 0 Å². The molecule has 0 saturated carbocycles. The van der Waals surface area contributed by atoms with Gasteiger partial charge in [0.1, 0.15) is 0 Å². The molecular formula is C9H16NO4+. The molecule has 1 aliphatic heterocycles. The highest BCUT2D eigenvalue weighted by atomic mass is 16.5. The highest BCUT2D eigenvalue weighted by Crippen LogP contribution is 2.14. The van der Waals surface area contributed by atoms with Crippen LogP contribution in [0.2, 0.25) is 0 Å². The van der Waals surface area contributed by atoms with E-state index in [0.29, 0.717) is 6.73 Å². The molecule has 14 heavy (non-hydrogen) atoms. The summed E-state index contributed by atoms with van der Waals surface area (Å²) in [5.41, 5.74) is 0. The van der Waals surface area contributed by atoms with E-state index in [1.165, 1.54) is 7.11 Å². The molecular weight excluding hydrogens is 186 g/mol. The van der Waals surface area contributed by atoms with Crippen molar-refractivity contribution in [1.29, 1.82) is 0 Å². The number of ether oxygens (including phenoxy) is 3. The summed E-state index contributed by atoms with van der Waals surface area (Å²) in [5, 5.41) is 0. The Hall–Kier alpha value is -1.10. The zero-order valence-corrected chi connectivity index (χ0v) is 8.78. The average molecular weight is 202 g/mol. The van der Waals surface area contributed by atoms with Crippen LogP contribution < -0.4 is 0 Å². The monoisotopic (exact) mass is 202 g/mol. The first-order chi connectivity index (χ1) is 6.74. The maximum Gasteiger partial charge on any atom is 0.375 e. The minimum atomic E-state index is -0.269. The molecule has 0 spiro atoms. The van der Waals surface area contributed by atoms with Gasteiger partial charge in [-0.15, -0.1) is 0 Å². The molecule has 1 heterocycles. The molecule has 1 atom stereocenters. The second-order valence-corrected chi connectivity index (χ2v) is 3.06. The van der Waals surface area contributed by atoms with Crippen molar-refractivity contribution in [2.75, 3.05) is 28.1 Å². The number of carbonyl (C=O) groups excluding carboxylic acids is 1. The number of rotatable bonds is 3. The zero-order valence-electron chi connectivity index (χ0n) is 8.78. The highest BCUT2D eigenvalue weighted by Gasteiger charge is 2.40. The standard InChI is InChI=1S/C9H16NO4/c1-12-6-10-7(9(11)14-3)4-5-8(10)13-2/h7H,4-6H2,1-3H3/q+1. The van der Waals surface area contributed by atoms with Gasteiger partial charge in [-0.05, 0) is 0 Å². The summed E-state index contributed by atoms with van der Waals surface area (Å²) in [5.74, 6) is 0.538. The predicted octanol–water partition coefficient (Wildman–Crippen LogP) is -0.0169. The lowest BCUT2D eigenvalue weighted by Crippen LogP contribution is -2.34. The largest absolute Gasteiger partial charge is 0.464 e. The van der Waals surface area contributed by atoms with E-state index in [4.69, 9.17) is 14.2 Å². The van der Waals surface area contributed by atoms with E-state index in [9.17, 15) is 4.79 Å². The van der Waals surface area contributed by atoms with Crippen LogP contribution in [-0.4, -0.2) is 50.5 Å². The fraction of sp³-hybridized carbons (Fsp3) is 0.778. The Labute approximate surface area is 83.3 Å². The summed E-state index contributed by atoms with van der Waals surface area (Å²) in [6, 6.07) is -0.269. The van der Waals surface area contributed by atoms with Crippen molar-refractivity contribution in [1.82, 2.24) is 0 Å². The summed E-state index contributed by atoms with van der Waals surface area (Å²) in [6.45, 7) is 0.350. The summed E-state index contributed by atoms with van der Waals surface area (Å²) < 4.78 is 16.6. The smallest absolute Gasteiger partial charge is 0.375 e. The summed E-state index contributed by atoms with van der Waals surface area (Å²) >= 11 is 0. The molecule has 0 aliphatic carbocycles. The molecule has 1 unspecified atom stereocenters. The van der Waals surface area contributed by atoms with Crippen LogP contribution in [0.25, 0.3) is 0 Å². The Balaban J connectivity index is 2.79. The van der Waals surface area contributed by atoms with E-state index < -0.39 is 0 Å². The van der Waals surface area contributed by atoms with Crippen molar-refractivity contribution in [3.8, 4) is 0 Å². The average Bonchev–Trinajstić information content (AvgIpc) is 2.60. The highest BCUT2D eigenvalue weighted by molar-refractivity contribution is 5.80. The van der Waals surface area contributed by atoms with Gasteiger partial charge in [-0.2, -0.15) is 4.58 Å². The third-order valence-corrected chi connectivity index (χ3v) is 2.31. The van der Waals surface area contributed by atoms with Crippen molar-refractivity contribution in [3.63, 3.8) is 0 Å². The number of hydrogen-bond donors (Lipinski definition) is 0. The molecule has 80 valence electrons. The van der Waals surface area contributed by atoms with Crippen LogP contribution in [0.5, 0.6) is 0 Å². The molecule has 0 aromatic heterocycles. The third kappa shape index (κ3) is 2.04. The normalized spacial score (nSPS) is 21.2. The Morgan fingerprint density at radius 1 is 1.50 bits per heavy atom. The van der Waals surface area contributed by atoms with Gasteiger partial charge in [-0.3, -0.25) is 0 Å². The molecule has 0 amide bonds. The minimum absolute atomic E-state index is 0.242. The fourth-order valence-electron chi connectivity index (χ4n) is 1.63. The molecule has 1 rings (SSSR count). The predicted molar refractivity (Wildman–Crippen MR) is 49.2 cm³/mol. The Morgan fingerprint density at radius 2 is 2.21 bits per heavy atom. The summed E-state index contributed by atoms with van der Waals surface area (Å²) in [6.07, 6.45) is 1.47. The van der Waals surface area contributed by atoms with Gasteiger partial charge >= 0.3 is 11.9 Å². The maximum atomic E-state index is 11.4. The van der Waals surface area contributed by atoms with Gasteiger partial charge in [-0.25, -0.2) is 4.79 Å². The van der Waals surface area contributed by atoms with Crippen molar-refractivity contribution in [3.05, 3.63) is 0 Å². The SMILES string of the molecule is COC[N+]1=C(OC)CCC1C(=O)OC. The van der Waals surface area contributed by atoms with Crippen molar-refractivity contribution < 1.29 is 23.6 Å². The van der Waals surface area contributed by atoms with E-state index in [-0.39, 0.29) is 12.0 Å². The number of hydrogen-bond acceptors (Lipinski definition) is 4. The minimum Gasteiger partial charge on any atom is -0.464 e. The maximum absolute atomic E-state index is 11.4. The fourth-order valence-corrected chi connectivity index (χ4v) is 1.63. The topological polar surface area (TPSA) is 47.8 Å². The zero-order chi connectivity index (χ0) is 10.6. The number of nitrogens with zero attached hydrogens (tertiary/aromatic N) is 1. The molecule has 0 N–H and O–H groups in total. The third-order valence-electron chi connectivity index (χ3n) is 2.31. The van der Waals surface area contributed by atoms with Gasteiger partial charge in [0.2, 0.25) is 0 Å². The molecule has 0 radical (unpaired) electrons. The Kier molecular flexibility index (Phi) is 3.88. The molecule has 1 aliphatic rings. The van der Waals surface area contributed by atoms with Crippen molar-refractivity contribution in [2.45, 2.75) is 18.9 Å². The first kappa shape index (κ1) is 11.0. The Bertz CT molecular complexity index is 249. The second-order valence-electron chi connectivity index (χ2n) is 3.06. The van der Waals surface area contributed by atoms with Crippen LogP contribution in [0.15, 0.2) is 0 Å². The van der Waals surface area contributed by atoms with Crippen LogP contribution in [-0.2, 0) is 19.0 Å². The molecule has 5 nitrogen and oxygen atoms in total. The van der Waals surface area contributed by atoms with Gasteiger partial charge < -0.3 is 14.2 Å². The van der Waals surface area contributed by atoms with Crippen molar-refractivity contribution >= 4 is 11.9 Å². The molecule has 0 bridgehead atoms. The van der Waals surface area contributed by atoms with Crippen LogP contribution >= 0.6 is 0 Å². The molecule has 0 aromatic carbocycles. The molecule has 0 saturated heterocycles. The number of methoxy groups -OCH3 is 3. The van der Waals surface area contributed by atoms with Crippen LogP contribution in [0.4, 0.5) is 0 Å². The molecule has 5 heteroatoms. The van der Waals surface area contributed by atoms with E-state index in [1.54, 1.807) is 18.8 Å². The lowest BCUT2D eigenvalue weighted by atomic mass is 10.2. The quantitative estimate of drug-likeness (QED) is 0.477. The number of esters is 1. The van der Waals surface area contributed by atoms with Crippen molar-refractivity contribution in [2.24, 2.45) is 0 Å². The molecule has 0 aromatic rings. The van der Waals surface area contributed by atoms with Gasteiger partial charge in [-0.1, -0.05) is 0 Å². The molecule has 0 fully saturated rings. The van der Waals surface area contributed by atoms with E-state index in [0.717, 1.165) is 18.7 Å². The first-order valence-corrected chi connectivity index (χ1v) is 4.47. The number of carbonyl (C=O) groups is 1. The van der Waals surface area contributed by atoms with Gasteiger partial charge in [0.25, 0.3) is 12.8 Å². The summed E-state index contributed by atoms with van der Waals surface area (Å²) in [4.78, 5) is 11.4. The van der Waals surface area contributed by atoms with E-state index in [2.05, 4.69) is 0 Å². The lowest BCUT2D eigenvalue weighted by molar-refractivity contribution is -0.588. The van der Waals surface area contributed by atoms with E-state index >= 15 is 0 Å². The van der Waals surface area contributed by atoms with Gasteiger partial charge in [0, 0.05) is 13.5 Å². The van der Waals surface area contributed by atoms with Crippen LogP contribution in [0.3, 0.4) is 0 Å². The van der Waals surface area contributed by atoms with Crippen LogP contribution in [0.1, 0.15) is 12.8 Å². The van der Waals surface area contributed by atoms with Gasteiger partial charge in [0.05, 0.1) is 20.6 Å². The first-order valence-electron chi connectivity index (χ1n) is 4.47. The summed E-state index contributed by atoms with van der Waals surface area (Å²) in [7, 11) is 4.57. The Morgan fingerprint density at radius 3 is 2.71 bits per heavy atom. The second kappa shape index (κ2) is 4.95.